The standard InChI is InChI=1S/C21H23N3O4/c1-14-22-20(28-23-14)21(2)10-5-11-24(13-21)12-15-8-9-18(27-15)16-6-3-4-7-17(16)19(25)26/h3-4,6-9H,5,10-13H2,1-2H3,(H,25,26). The Hall–Kier alpha value is -2.93. The van der Waals surface area contributed by atoms with Crippen LogP contribution in [0.15, 0.2) is 45.3 Å². The lowest BCUT2D eigenvalue weighted by atomic mass is 9.81. The molecule has 146 valence electrons. The predicted molar refractivity (Wildman–Crippen MR) is 102 cm³/mol. The SMILES string of the molecule is Cc1noc(C2(C)CCCN(Cc3ccc(-c4ccccc4C(=O)O)o3)C2)n1. The summed E-state index contributed by atoms with van der Waals surface area (Å²) in [7, 11) is 0. The molecule has 1 N–H and O–H groups in total. The van der Waals surface area contributed by atoms with Gasteiger partial charge in [-0.2, -0.15) is 4.98 Å². The molecule has 1 unspecified atom stereocenters. The van der Waals surface area contributed by atoms with Crippen molar-refractivity contribution in [1.82, 2.24) is 15.0 Å². The van der Waals surface area contributed by atoms with Gasteiger partial charge in [0.2, 0.25) is 5.89 Å². The van der Waals surface area contributed by atoms with Gasteiger partial charge in [0.25, 0.3) is 0 Å². The molecular weight excluding hydrogens is 358 g/mol. The van der Waals surface area contributed by atoms with E-state index in [1.165, 1.54) is 0 Å². The molecule has 1 aromatic carbocycles. The minimum atomic E-state index is -0.963. The zero-order valence-electron chi connectivity index (χ0n) is 16.0. The van der Waals surface area contributed by atoms with Crippen LogP contribution in [0.3, 0.4) is 0 Å². The molecule has 0 bridgehead atoms. The monoisotopic (exact) mass is 381 g/mol. The number of aromatic carboxylic acids is 1. The maximum Gasteiger partial charge on any atom is 0.336 e. The first-order chi connectivity index (χ1) is 13.4. The molecule has 0 aliphatic carbocycles. The number of aromatic nitrogens is 2. The van der Waals surface area contributed by atoms with Gasteiger partial charge in [0, 0.05) is 12.1 Å². The van der Waals surface area contributed by atoms with Crippen LogP contribution >= 0.6 is 0 Å². The molecule has 4 rings (SSSR count). The molecule has 7 heteroatoms. The Morgan fingerprint density at radius 2 is 2.11 bits per heavy atom. The summed E-state index contributed by atoms with van der Waals surface area (Å²) in [4.78, 5) is 18.2. The number of rotatable bonds is 5. The lowest BCUT2D eigenvalue weighted by Gasteiger charge is -2.37. The highest BCUT2D eigenvalue weighted by Gasteiger charge is 2.37. The van der Waals surface area contributed by atoms with Crippen LogP contribution in [0.25, 0.3) is 11.3 Å². The van der Waals surface area contributed by atoms with Crippen LogP contribution in [0.4, 0.5) is 0 Å². The first-order valence-electron chi connectivity index (χ1n) is 9.39. The van der Waals surface area contributed by atoms with Gasteiger partial charge < -0.3 is 14.0 Å². The van der Waals surface area contributed by atoms with Crippen molar-refractivity contribution in [3.8, 4) is 11.3 Å². The Bertz CT molecular complexity index is 993. The van der Waals surface area contributed by atoms with Gasteiger partial charge in [-0.3, -0.25) is 4.90 Å². The number of carboxylic acid groups (broad SMARTS) is 1. The van der Waals surface area contributed by atoms with Crippen molar-refractivity contribution in [3.63, 3.8) is 0 Å². The van der Waals surface area contributed by atoms with E-state index < -0.39 is 5.97 Å². The maximum atomic E-state index is 11.5. The van der Waals surface area contributed by atoms with Gasteiger partial charge >= 0.3 is 5.97 Å². The molecule has 1 saturated heterocycles. The second-order valence-corrected chi connectivity index (χ2v) is 7.64. The van der Waals surface area contributed by atoms with Crippen LogP contribution in [0, 0.1) is 6.92 Å². The zero-order valence-corrected chi connectivity index (χ0v) is 16.0. The normalized spacial score (nSPS) is 20.4. The zero-order chi connectivity index (χ0) is 19.7. The number of benzene rings is 1. The highest BCUT2D eigenvalue weighted by molar-refractivity contribution is 5.95. The average molecular weight is 381 g/mol. The third-order valence-electron chi connectivity index (χ3n) is 5.28. The first kappa shape index (κ1) is 18.4. The number of aryl methyl sites for hydroxylation is 1. The van der Waals surface area contributed by atoms with E-state index in [1.54, 1.807) is 18.2 Å². The van der Waals surface area contributed by atoms with Crippen LogP contribution in [-0.2, 0) is 12.0 Å². The summed E-state index contributed by atoms with van der Waals surface area (Å²) < 4.78 is 11.4. The smallest absolute Gasteiger partial charge is 0.336 e. The van der Waals surface area contributed by atoms with E-state index in [4.69, 9.17) is 8.94 Å². The Kier molecular flexibility index (Phi) is 4.77. The second kappa shape index (κ2) is 7.24. The van der Waals surface area contributed by atoms with Crippen LogP contribution < -0.4 is 0 Å². The van der Waals surface area contributed by atoms with Gasteiger partial charge in [0.05, 0.1) is 17.5 Å². The van der Waals surface area contributed by atoms with Crippen LogP contribution in [0.2, 0.25) is 0 Å². The second-order valence-electron chi connectivity index (χ2n) is 7.64. The van der Waals surface area contributed by atoms with Crippen molar-refractivity contribution in [2.24, 2.45) is 0 Å². The molecule has 3 aromatic rings. The van der Waals surface area contributed by atoms with E-state index in [-0.39, 0.29) is 11.0 Å². The lowest BCUT2D eigenvalue weighted by molar-refractivity contribution is 0.0697. The van der Waals surface area contributed by atoms with Crippen molar-refractivity contribution in [2.75, 3.05) is 13.1 Å². The Morgan fingerprint density at radius 1 is 1.29 bits per heavy atom. The Labute approximate surface area is 163 Å². The molecule has 0 saturated carbocycles. The van der Waals surface area contributed by atoms with E-state index in [9.17, 15) is 9.90 Å². The van der Waals surface area contributed by atoms with Gasteiger partial charge in [-0.1, -0.05) is 23.4 Å². The number of hydrogen-bond donors (Lipinski definition) is 1. The van der Waals surface area contributed by atoms with E-state index in [1.807, 2.05) is 25.1 Å². The third kappa shape index (κ3) is 3.57. The number of likely N-dealkylation sites (tertiary alicyclic amines) is 1. The number of piperidine rings is 1. The van der Waals surface area contributed by atoms with E-state index in [2.05, 4.69) is 22.0 Å². The van der Waals surface area contributed by atoms with Gasteiger partial charge in [-0.25, -0.2) is 4.79 Å². The summed E-state index contributed by atoms with van der Waals surface area (Å²) >= 11 is 0. The highest BCUT2D eigenvalue weighted by atomic mass is 16.5. The van der Waals surface area contributed by atoms with Crippen LogP contribution in [0.1, 0.15) is 47.6 Å². The molecule has 1 atom stereocenters. The molecule has 1 aliphatic rings. The molecule has 0 amide bonds. The average Bonchev–Trinajstić information content (AvgIpc) is 3.31. The summed E-state index contributed by atoms with van der Waals surface area (Å²) in [5.41, 5.74) is 0.650. The summed E-state index contributed by atoms with van der Waals surface area (Å²) in [6.45, 7) is 6.40. The van der Waals surface area contributed by atoms with Crippen LogP contribution in [0.5, 0.6) is 0 Å². The Morgan fingerprint density at radius 3 is 2.86 bits per heavy atom. The topological polar surface area (TPSA) is 92.6 Å². The predicted octanol–water partition coefficient (Wildman–Crippen LogP) is 3.89. The molecule has 1 fully saturated rings. The molecular formula is C21H23N3O4. The van der Waals surface area contributed by atoms with E-state index >= 15 is 0 Å². The fourth-order valence-electron chi connectivity index (χ4n) is 3.91. The quantitative estimate of drug-likeness (QED) is 0.717. The van der Waals surface area contributed by atoms with Crippen molar-refractivity contribution in [3.05, 3.63) is 59.4 Å². The number of carbonyl (C=O) groups is 1. The molecule has 0 spiro atoms. The maximum absolute atomic E-state index is 11.5. The van der Waals surface area contributed by atoms with Gasteiger partial charge in [0.15, 0.2) is 5.82 Å². The number of furan rings is 1. The largest absolute Gasteiger partial charge is 0.478 e. The molecule has 2 aromatic heterocycles. The van der Waals surface area contributed by atoms with Gasteiger partial charge in [-0.15, -0.1) is 0 Å². The van der Waals surface area contributed by atoms with Gasteiger partial charge in [0.1, 0.15) is 11.5 Å². The van der Waals surface area contributed by atoms with Crippen molar-refractivity contribution >= 4 is 5.97 Å². The summed E-state index contributed by atoms with van der Waals surface area (Å²) in [6.07, 6.45) is 2.04. The van der Waals surface area contributed by atoms with Crippen molar-refractivity contribution in [2.45, 2.75) is 38.6 Å². The minimum Gasteiger partial charge on any atom is -0.478 e. The number of hydrogen-bond acceptors (Lipinski definition) is 6. The summed E-state index contributed by atoms with van der Waals surface area (Å²) in [5.74, 6) is 1.75. The van der Waals surface area contributed by atoms with Gasteiger partial charge in [-0.05, 0) is 51.4 Å². The minimum absolute atomic E-state index is 0.176. The van der Waals surface area contributed by atoms with Crippen molar-refractivity contribution in [1.29, 1.82) is 0 Å². The molecule has 7 nitrogen and oxygen atoms in total. The molecule has 0 radical (unpaired) electrons. The lowest BCUT2D eigenvalue weighted by Crippen LogP contribution is -2.44. The number of carboxylic acids is 1. The van der Waals surface area contributed by atoms with Crippen molar-refractivity contribution < 1.29 is 18.8 Å². The number of nitrogens with zero attached hydrogens (tertiary/aromatic N) is 3. The highest BCUT2D eigenvalue weighted by Crippen LogP contribution is 2.34. The molecule has 1 aliphatic heterocycles. The van der Waals surface area contributed by atoms with E-state index in [0.29, 0.717) is 29.6 Å². The fraction of sp³-hybridized carbons (Fsp3) is 0.381. The third-order valence-corrected chi connectivity index (χ3v) is 5.28. The van der Waals surface area contributed by atoms with E-state index in [0.717, 1.165) is 31.7 Å². The fourth-order valence-corrected chi connectivity index (χ4v) is 3.91. The molecule has 3 heterocycles. The summed E-state index contributed by atoms with van der Waals surface area (Å²) in [6, 6.07) is 10.6. The Balaban J connectivity index is 1.51. The molecule has 28 heavy (non-hydrogen) atoms. The van der Waals surface area contributed by atoms with Crippen LogP contribution in [-0.4, -0.2) is 39.2 Å². The first-order valence-corrected chi connectivity index (χ1v) is 9.39. The summed E-state index contributed by atoms with van der Waals surface area (Å²) in [5, 5.41) is 13.3.